The number of aliphatic imine (C=N–C) groups is 1. The van der Waals surface area contributed by atoms with Crippen molar-refractivity contribution in [2.45, 2.75) is 13.3 Å². The van der Waals surface area contributed by atoms with E-state index in [0.717, 1.165) is 17.7 Å². The summed E-state index contributed by atoms with van der Waals surface area (Å²) in [6.07, 6.45) is 2.70. The SMILES string of the molecule is CCCN1C(=O)/C(=C/c2ccc(O)cc2)SC1=Nc1ccccc1. The molecule has 122 valence electrons. The van der Waals surface area contributed by atoms with Crippen molar-refractivity contribution in [3.05, 3.63) is 65.1 Å². The van der Waals surface area contributed by atoms with E-state index in [2.05, 4.69) is 4.99 Å². The number of carbonyl (C=O) groups excluding carboxylic acids is 1. The lowest BCUT2D eigenvalue weighted by molar-refractivity contribution is -0.122. The van der Waals surface area contributed by atoms with E-state index in [1.54, 1.807) is 29.2 Å². The number of amidine groups is 1. The first-order chi connectivity index (χ1) is 11.7. The van der Waals surface area contributed by atoms with Gasteiger partial charge in [-0.1, -0.05) is 37.3 Å². The minimum atomic E-state index is -0.0235. The zero-order chi connectivity index (χ0) is 16.9. The highest BCUT2D eigenvalue weighted by Gasteiger charge is 2.32. The van der Waals surface area contributed by atoms with E-state index in [-0.39, 0.29) is 11.7 Å². The molecule has 1 amide bonds. The molecule has 1 aliphatic rings. The fourth-order valence-corrected chi connectivity index (χ4v) is 3.37. The second kappa shape index (κ2) is 7.36. The van der Waals surface area contributed by atoms with Gasteiger partial charge in [0.15, 0.2) is 5.17 Å². The Morgan fingerprint density at radius 1 is 1.12 bits per heavy atom. The van der Waals surface area contributed by atoms with Crippen LogP contribution in [0.25, 0.3) is 6.08 Å². The summed E-state index contributed by atoms with van der Waals surface area (Å²) in [5.74, 6) is 0.186. The topological polar surface area (TPSA) is 52.9 Å². The zero-order valence-electron chi connectivity index (χ0n) is 13.3. The summed E-state index contributed by atoms with van der Waals surface area (Å²) >= 11 is 1.39. The minimum Gasteiger partial charge on any atom is -0.508 e. The molecule has 0 saturated carbocycles. The lowest BCUT2D eigenvalue weighted by atomic mass is 10.2. The van der Waals surface area contributed by atoms with Crippen LogP contribution in [-0.4, -0.2) is 27.6 Å². The van der Waals surface area contributed by atoms with Crippen molar-refractivity contribution >= 4 is 34.6 Å². The maximum absolute atomic E-state index is 12.7. The van der Waals surface area contributed by atoms with Crippen molar-refractivity contribution in [2.24, 2.45) is 4.99 Å². The molecule has 3 rings (SSSR count). The van der Waals surface area contributed by atoms with Crippen LogP contribution in [0.4, 0.5) is 5.69 Å². The molecule has 0 atom stereocenters. The first-order valence-corrected chi connectivity index (χ1v) is 8.63. The van der Waals surface area contributed by atoms with Gasteiger partial charge in [0, 0.05) is 6.54 Å². The molecular formula is C19H18N2O2S. The second-order valence-electron chi connectivity index (χ2n) is 5.39. The largest absolute Gasteiger partial charge is 0.508 e. The number of aromatic hydroxyl groups is 1. The number of benzene rings is 2. The van der Waals surface area contributed by atoms with Crippen molar-refractivity contribution < 1.29 is 9.90 Å². The monoisotopic (exact) mass is 338 g/mol. The molecular weight excluding hydrogens is 320 g/mol. The molecule has 1 fully saturated rings. The van der Waals surface area contributed by atoms with Crippen LogP contribution in [0.2, 0.25) is 0 Å². The molecule has 0 spiro atoms. The van der Waals surface area contributed by atoms with Crippen LogP contribution in [0, 0.1) is 0 Å². The molecule has 0 aromatic heterocycles. The average molecular weight is 338 g/mol. The van der Waals surface area contributed by atoms with Crippen LogP contribution in [0.1, 0.15) is 18.9 Å². The number of thioether (sulfide) groups is 1. The first-order valence-electron chi connectivity index (χ1n) is 7.81. The van der Waals surface area contributed by atoms with E-state index in [1.165, 1.54) is 11.8 Å². The van der Waals surface area contributed by atoms with Crippen molar-refractivity contribution in [1.82, 2.24) is 4.90 Å². The summed E-state index contributed by atoms with van der Waals surface area (Å²) in [5, 5.41) is 10.1. The van der Waals surface area contributed by atoms with E-state index >= 15 is 0 Å². The smallest absolute Gasteiger partial charge is 0.266 e. The van der Waals surface area contributed by atoms with Gasteiger partial charge in [-0.05, 0) is 54.1 Å². The van der Waals surface area contributed by atoms with E-state index in [1.807, 2.05) is 43.3 Å². The Bertz CT molecular complexity index is 783. The maximum atomic E-state index is 12.7. The van der Waals surface area contributed by atoms with Crippen molar-refractivity contribution in [1.29, 1.82) is 0 Å². The molecule has 24 heavy (non-hydrogen) atoms. The predicted octanol–water partition coefficient (Wildman–Crippen LogP) is 4.41. The van der Waals surface area contributed by atoms with E-state index in [0.29, 0.717) is 16.6 Å². The standard InChI is InChI=1S/C19H18N2O2S/c1-2-12-21-18(23)17(13-14-8-10-16(22)11-9-14)24-19(21)20-15-6-4-3-5-7-15/h3-11,13,22H,2,12H2,1H3/b17-13-,20-19?. The lowest BCUT2D eigenvalue weighted by Crippen LogP contribution is -2.29. The molecule has 1 aliphatic heterocycles. The quantitative estimate of drug-likeness (QED) is 0.840. The number of carbonyl (C=O) groups is 1. The third-order valence-corrected chi connectivity index (χ3v) is 4.51. The van der Waals surface area contributed by atoms with Crippen molar-refractivity contribution in [2.75, 3.05) is 6.54 Å². The number of para-hydroxylation sites is 1. The summed E-state index contributed by atoms with van der Waals surface area (Å²) in [5.41, 5.74) is 1.71. The number of nitrogens with zero attached hydrogens (tertiary/aromatic N) is 2. The van der Waals surface area contributed by atoms with Gasteiger partial charge < -0.3 is 5.11 Å². The average Bonchev–Trinajstić information content (AvgIpc) is 2.87. The highest BCUT2D eigenvalue weighted by molar-refractivity contribution is 8.18. The Morgan fingerprint density at radius 2 is 1.83 bits per heavy atom. The second-order valence-corrected chi connectivity index (χ2v) is 6.40. The van der Waals surface area contributed by atoms with Gasteiger partial charge in [0.05, 0.1) is 10.6 Å². The fraction of sp³-hybridized carbons (Fsp3) is 0.158. The van der Waals surface area contributed by atoms with Crippen LogP contribution in [0.15, 0.2) is 64.5 Å². The third-order valence-electron chi connectivity index (χ3n) is 3.51. The molecule has 1 heterocycles. The van der Waals surface area contributed by atoms with Gasteiger partial charge in [-0.25, -0.2) is 4.99 Å². The van der Waals surface area contributed by atoms with E-state index in [4.69, 9.17) is 0 Å². The Hall–Kier alpha value is -2.53. The molecule has 1 N–H and O–H groups in total. The Balaban J connectivity index is 1.92. The number of phenolic OH excluding ortho intramolecular Hbond substituents is 1. The molecule has 2 aromatic rings. The number of amides is 1. The van der Waals surface area contributed by atoms with Crippen molar-refractivity contribution in [3.63, 3.8) is 0 Å². The van der Waals surface area contributed by atoms with Crippen LogP contribution < -0.4 is 0 Å². The van der Waals surface area contributed by atoms with Gasteiger partial charge in [0.1, 0.15) is 5.75 Å². The Labute approximate surface area is 145 Å². The Kier molecular flexibility index (Phi) is 5.01. The fourth-order valence-electron chi connectivity index (χ4n) is 2.35. The van der Waals surface area contributed by atoms with Crippen molar-refractivity contribution in [3.8, 4) is 5.75 Å². The van der Waals surface area contributed by atoms with Gasteiger partial charge in [-0.3, -0.25) is 9.69 Å². The number of phenols is 1. The lowest BCUT2D eigenvalue weighted by Gasteiger charge is -2.13. The molecule has 2 aromatic carbocycles. The van der Waals surface area contributed by atoms with Gasteiger partial charge in [-0.2, -0.15) is 0 Å². The Morgan fingerprint density at radius 3 is 2.50 bits per heavy atom. The van der Waals surface area contributed by atoms with Gasteiger partial charge in [-0.15, -0.1) is 0 Å². The molecule has 1 saturated heterocycles. The van der Waals surface area contributed by atoms with Crippen LogP contribution in [0.5, 0.6) is 5.75 Å². The van der Waals surface area contributed by atoms with Gasteiger partial charge >= 0.3 is 0 Å². The zero-order valence-corrected chi connectivity index (χ0v) is 14.2. The summed E-state index contributed by atoms with van der Waals surface area (Å²) < 4.78 is 0. The van der Waals surface area contributed by atoms with Gasteiger partial charge in [0.2, 0.25) is 0 Å². The predicted molar refractivity (Wildman–Crippen MR) is 99.2 cm³/mol. The molecule has 4 nitrogen and oxygen atoms in total. The van der Waals surface area contributed by atoms with Crippen LogP contribution in [0.3, 0.4) is 0 Å². The third kappa shape index (κ3) is 3.68. The normalized spacial score (nSPS) is 17.9. The molecule has 0 bridgehead atoms. The molecule has 0 radical (unpaired) electrons. The summed E-state index contributed by atoms with van der Waals surface area (Å²) in [7, 11) is 0. The first kappa shape index (κ1) is 16.3. The van der Waals surface area contributed by atoms with E-state index in [9.17, 15) is 9.90 Å². The minimum absolute atomic E-state index is 0.0235. The van der Waals surface area contributed by atoms with E-state index < -0.39 is 0 Å². The highest BCUT2D eigenvalue weighted by Crippen LogP contribution is 2.34. The summed E-state index contributed by atoms with van der Waals surface area (Å²) in [6.45, 7) is 2.68. The summed E-state index contributed by atoms with van der Waals surface area (Å²) in [6, 6.07) is 16.4. The number of rotatable bonds is 4. The number of hydrogen-bond acceptors (Lipinski definition) is 4. The molecule has 0 aliphatic carbocycles. The maximum Gasteiger partial charge on any atom is 0.266 e. The van der Waals surface area contributed by atoms with Crippen LogP contribution >= 0.6 is 11.8 Å². The molecule has 0 unspecified atom stereocenters. The summed E-state index contributed by atoms with van der Waals surface area (Å²) in [4.78, 5) is 19.7. The van der Waals surface area contributed by atoms with Gasteiger partial charge in [0.25, 0.3) is 5.91 Å². The molecule has 5 heteroatoms. The van der Waals surface area contributed by atoms with Crippen LogP contribution in [-0.2, 0) is 4.79 Å². The number of hydrogen-bond donors (Lipinski definition) is 1. The highest BCUT2D eigenvalue weighted by atomic mass is 32.2.